The first-order valence-electron chi connectivity index (χ1n) is 17.1. The zero-order valence-corrected chi connectivity index (χ0v) is 28.0. The zero-order chi connectivity index (χ0) is 31.6. The van der Waals surface area contributed by atoms with Crippen molar-refractivity contribution in [2.45, 2.75) is 56.8 Å². The van der Waals surface area contributed by atoms with Gasteiger partial charge in [-0.05, 0) is 88.7 Å². The van der Waals surface area contributed by atoms with Crippen molar-refractivity contribution in [3.63, 3.8) is 0 Å². The number of hydrogen-bond donors (Lipinski definition) is 0. The molecule has 2 aliphatic rings. The minimum atomic E-state index is -0.0152. The molecule has 9 rings (SSSR count). The first-order valence-corrected chi connectivity index (χ1v) is 18.0. The summed E-state index contributed by atoms with van der Waals surface area (Å²) in [7, 11) is 0. The Kier molecular flexibility index (Phi) is 6.66. The normalized spacial score (nSPS) is 16.2. The first kappa shape index (κ1) is 28.6. The van der Waals surface area contributed by atoms with E-state index in [0.29, 0.717) is 0 Å². The maximum atomic E-state index is 2.47. The topological polar surface area (TPSA) is 3.24 Å². The van der Waals surface area contributed by atoms with Gasteiger partial charge in [0.1, 0.15) is 0 Å². The van der Waals surface area contributed by atoms with Crippen molar-refractivity contribution in [3.8, 4) is 11.1 Å². The maximum Gasteiger partial charge on any atom is 0.0476 e. The molecule has 1 aromatic heterocycles. The number of nitrogens with zero attached hydrogens (tertiary/aromatic N) is 1. The highest BCUT2D eigenvalue weighted by atomic mass is 32.1. The highest BCUT2D eigenvalue weighted by Crippen LogP contribution is 2.51. The molecule has 6 aromatic carbocycles. The van der Waals surface area contributed by atoms with Gasteiger partial charge in [-0.3, -0.25) is 0 Å². The van der Waals surface area contributed by atoms with Crippen LogP contribution < -0.4 is 4.90 Å². The van der Waals surface area contributed by atoms with E-state index in [9.17, 15) is 0 Å². The van der Waals surface area contributed by atoms with Crippen LogP contribution in [0.2, 0.25) is 0 Å². The third-order valence-corrected chi connectivity index (χ3v) is 12.3. The molecule has 2 heteroatoms. The molecule has 0 radical (unpaired) electrons. The molecule has 47 heavy (non-hydrogen) atoms. The van der Waals surface area contributed by atoms with Crippen LogP contribution in [0.4, 0.5) is 17.1 Å². The molecule has 2 aliphatic carbocycles. The Balaban J connectivity index is 1.20. The van der Waals surface area contributed by atoms with Crippen molar-refractivity contribution in [1.29, 1.82) is 0 Å². The van der Waals surface area contributed by atoms with Gasteiger partial charge in [0.15, 0.2) is 0 Å². The highest BCUT2D eigenvalue weighted by Gasteiger charge is 2.37. The summed E-state index contributed by atoms with van der Waals surface area (Å²) in [6.07, 6.45) is 6.32. The predicted molar refractivity (Wildman–Crippen MR) is 202 cm³/mol. The van der Waals surface area contributed by atoms with E-state index in [1.165, 1.54) is 103 Å². The molecule has 0 aliphatic heterocycles. The molecule has 0 amide bonds. The second-order valence-electron chi connectivity index (χ2n) is 14.1. The van der Waals surface area contributed by atoms with Gasteiger partial charge >= 0.3 is 0 Å². The van der Waals surface area contributed by atoms with Gasteiger partial charge in [-0.25, -0.2) is 0 Å². The lowest BCUT2D eigenvalue weighted by Crippen LogP contribution is -2.30. The lowest BCUT2D eigenvalue weighted by Gasteiger charge is -2.39. The maximum absolute atomic E-state index is 2.47. The third kappa shape index (κ3) is 4.49. The van der Waals surface area contributed by atoms with Gasteiger partial charge in [0.2, 0.25) is 0 Å². The van der Waals surface area contributed by atoms with E-state index in [1.807, 2.05) is 11.3 Å². The predicted octanol–water partition coefficient (Wildman–Crippen LogP) is 13.1. The van der Waals surface area contributed by atoms with Gasteiger partial charge in [-0.15, -0.1) is 11.3 Å². The lowest BCUT2D eigenvalue weighted by atomic mass is 9.65. The Morgan fingerprint density at radius 3 is 1.94 bits per heavy atom. The van der Waals surface area contributed by atoms with E-state index in [4.69, 9.17) is 0 Å². The summed E-state index contributed by atoms with van der Waals surface area (Å²) in [5, 5.41) is 2.67. The fourth-order valence-electron chi connectivity index (χ4n) is 8.73. The minimum Gasteiger partial charge on any atom is -0.310 e. The summed E-state index contributed by atoms with van der Waals surface area (Å²) in [5.41, 5.74) is 12.1. The monoisotopic (exact) mass is 625 g/mol. The van der Waals surface area contributed by atoms with Gasteiger partial charge in [0.05, 0.1) is 0 Å². The molecule has 7 aromatic rings. The molecule has 0 saturated heterocycles. The van der Waals surface area contributed by atoms with Crippen LogP contribution in [0.5, 0.6) is 0 Å². The number of rotatable bonds is 5. The lowest BCUT2D eigenvalue weighted by molar-refractivity contribution is 0.346. The highest BCUT2D eigenvalue weighted by molar-refractivity contribution is 7.25. The van der Waals surface area contributed by atoms with Crippen molar-refractivity contribution in [3.05, 3.63) is 162 Å². The standard InChI is InChI=1S/C45H39NS/c1-44(2)40-17-9-7-15-36(40)39-29-34(24-26-41(39)44)46(35-23-25-38-37-16-8-10-18-42(37)47-43(38)30-35)33-21-19-32(20-22-33)45(27-11-4-12-28-45)31-13-5-3-6-14-31/h3,5-10,13-26,29-30H,4,11-12,27-28H2,1-2H3. The molecular formula is C45H39NS. The number of hydrogen-bond acceptors (Lipinski definition) is 2. The Morgan fingerprint density at radius 1 is 0.489 bits per heavy atom. The summed E-state index contributed by atoms with van der Waals surface area (Å²) in [6, 6.07) is 52.7. The summed E-state index contributed by atoms with van der Waals surface area (Å²) >= 11 is 1.89. The molecule has 1 fully saturated rings. The molecule has 1 saturated carbocycles. The average molecular weight is 626 g/mol. The van der Waals surface area contributed by atoms with Crippen molar-refractivity contribution in [2.75, 3.05) is 4.90 Å². The van der Waals surface area contributed by atoms with Crippen molar-refractivity contribution < 1.29 is 0 Å². The van der Waals surface area contributed by atoms with Crippen molar-refractivity contribution >= 4 is 48.6 Å². The van der Waals surface area contributed by atoms with Crippen LogP contribution in [0.3, 0.4) is 0 Å². The quantitative estimate of drug-likeness (QED) is 0.184. The fraction of sp³-hybridized carbons (Fsp3) is 0.200. The number of anilines is 3. The van der Waals surface area contributed by atoms with E-state index < -0.39 is 0 Å². The average Bonchev–Trinajstić information content (AvgIpc) is 3.61. The van der Waals surface area contributed by atoms with Crippen molar-refractivity contribution in [1.82, 2.24) is 0 Å². The van der Waals surface area contributed by atoms with E-state index >= 15 is 0 Å². The smallest absolute Gasteiger partial charge is 0.0476 e. The Hall–Kier alpha value is -4.66. The molecule has 0 bridgehead atoms. The largest absolute Gasteiger partial charge is 0.310 e. The number of thiophene rings is 1. The Labute approximate surface area is 282 Å². The van der Waals surface area contributed by atoms with E-state index in [0.717, 1.165) is 0 Å². The fourth-order valence-corrected chi connectivity index (χ4v) is 9.87. The minimum absolute atomic E-state index is 0.0152. The van der Waals surface area contributed by atoms with Crippen molar-refractivity contribution in [2.24, 2.45) is 0 Å². The van der Waals surface area contributed by atoms with Crippen LogP contribution in [0.25, 0.3) is 31.3 Å². The van der Waals surface area contributed by atoms with Gasteiger partial charge in [0, 0.05) is 48.1 Å². The second-order valence-corrected chi connectivity index (χ2v) is 15.2. The molecule has 1 heterocycles. The summed E-state index contributed by atoms with van der Waals surface area (Å²) in [5.74, 6) is 0. The second kappa shape index (κ2) is 11.0. The van der Waals surface area contributed by atoms with Gasteiger partial charge < -0.3 is 4.90 Å². The van der Waals surface area contributed by atoms with Crippen LogP contribution in [0.1, 0.15) is 68.2 Å². The molecule has 0 atom stereocenters. The molecule has 0 spiro atoms. The zero-order valence-electron chi connectivity index (χ0n) is 27.2. The summed E-state index contributed by atoms with van der Waals surface area (Å²) in [4.78, 5) is 2.47. The number of benzene rings is 6. The van der Waals surface area contributed by atoms with Crippen LogP contribution in [-0.4, -0.2) is 0 Å². The van der Waals surface area contributed by atoms with Gasteiger partial charge in [-0.1, -0.05) is 130 Å². The van der Waals surface area contributed by atoms with Crippen LogP contribution in [-0.2, 0) is 10.8 Å². The van der Waals surface area contributed by atoms with Crippen LogP contribution >= 0.6 is 11.3 Å². The first-order chi connectivity index (χ1) is 23.0. The Bertz CT molecular complexity index is 2250. The molecule has 230 valence electrons. The van der Waals surface area contributed by atoms with E-state index in [2.05, 4.69) is 158 Å². The molecule has 1 nitrogen and oxygen atoms in total. The molecule has 0 unspecified atom stereocenters. The van der Waals surface area contributed by atoms with Crippen LogP contribution in [0, 0.1) is 0 Å². The van der Waals surface area contributed by atoms with Crippen LogP contribution in [0.15, 0.2) is 140 Å². The van der Waals surface area contributed by atoms with Gasteiger partial charge in [-0.2, -0.15) is 0 Å². The van der Waals surface area contributed by atoms with E-state index in [1.54, 1.807) is 0 Å². The summed E-state index contributed by atoms with van der Waals surface area (Å²) in [6.45, 7) is 4.72. The summed E-state index contributed by atoms with van der Waals surface area (Å²) < 4.78 is 2.66. The third-order valence-electron chi connectivity index (χ3n) is 11.2. The molecule has 0 N–H and O–H groups in total. The van der Waals surface area contributed by atoms with Gasteiger partial charge in [0.25, 0.3) is 0 Å². The SMILES string of the molecule is CC1(C)c2ccccc2-c2cc(N(c3ccc(C4(c5ccccc5)CCCCC4)cc3)c3ccc4c(c3)sc3ccccc34)ccc21. The van der Waals surface area contributed by atoms with E-state index in [-0.39, 0.29) is 10.8 Å². The Morgan fingerprint density at radius 2 is 1.11 bits per heavy atom. The number of fused-ring (bicyclic) bond motifs is 6. The molecular weight excluding hydrogens is 587 g/mol.